The summed E-state index contributed by atoms with van der Waals surface area (Å²) in [7, 11) is 0. The lowest BCUT2D eigenvalue weighted by Crippen LogP contribution is -2.33. The predicted molar refractivity (Wildman–Crippen MR) is 63.1 cm³/mol. The van der Waals surface area contributed by atoms with Crippen molar-refractivity contribution < 1.29 is 9.90 Å². The maximum Gasteiger partial charge on any atom is 0.303 e. The van der Waals surface area contributed by atoms with Gasteiger partial charge in [0.1, 0.15) is 0 Å². The van der Waals surface area contributed by atoms with Crippen molar-refractivity contribution in [3.63, 3.8) is 0 Å². The largest absolute Gasteiger partial charge is 0.481 e. The predicted octanol–water partition coefficient (Wildman–Crippen LogP) is 2.75. The van der Waals surface area contributed by atoms with Crippen molar-refractivity contribution in [2.75, 3.05) is 13.1 Å². The molecule has 0 fully saturated rings. The highest BCUT2D eigenvalue weighted by Crippen LogP contribution is 2.05. The summed E-state index contributed by atoms with van der Waals surface area (Å²) in [4.78, 5) is 12.8. The topological polar surface area (TPSA) is 40.5 Å². The summed E-state index contributed by atoms with van der Waals surface area (Å²) in [6.45, 7) is 8.56. The van der Waals surface area contributed by atoms with Crippen molar-refractivity contribution in [3.05, 3.63) is 0 Å². The van der Waals surface area contributed by atoms with Crippen LogP contribution in [0.4, 0.5) is 0 Å². The zero-order valence-electron chi connectivity index (χ0n) is 10.3. The molecule has 0 amide bonds. The molecule has 90 valence electrons. The van der Waals surface area contributed by atoms with Gasteiger partial charge in [0, 0.05) is 12.5 Å². The van der Waals surface area contributed by atoms with Gasteiger partial charge in [-0.05, 0) is 39.8 Å². The Bertz CT molecular complexity index is 169. The number of unbranched alkanes of at least 4 members (excludes halogenated alkanes) is 2. The molecule has 0 aliphatic heterocycles. The standard InChI is InChI=1S/C12H25NO2/c1-4-5-6-9-13(11(2)3)10-7-8-12(14)15/h11H,4-10H2,1-3H3,(H,14,15). The minimum Gasteiger partial charge on any atom is -0.481 e. The van der Waals surface area contributed by atoms with Gasteiger partial charge < -0.3 is 10.0 Å². The average molecular weight is 215 g/mol. The van der Waals surface area contributed by atoms with E-state index < -0.39 is 5.97 Å². The van der Waals surface area contributed by atoms with Crippen molar-refractivity contribution in [1.82, 2.24) is 4.90 Å². The van der Waals surface area contributed by atoms with Gasteiger partial charge in [0.25, 0.3) is 0 Å². The number of aliphatic carboxylic acids is 1. The van der Waals surface area contributed by atoms with Gasteiger partial charge in [-0.15, -0.1) is 0 Å². The Labute approximate surface area is 93.5 Å². The van der Waals surface area contributed by atoms with Crippen LogP contribution in [0, 0.1) is 0 Å². The third-order valence-corrected chi connectivity index (χ3v) is 2.62. The SMILES string of the molecule is CCCCCN(CCCC(=O)O)C(C)C. The zero-order chi connectivity index (χ0) is 11.7. The van der Waals surface area contributed by atoms with Crippen molar-refractivity contribution >= 4 is 5.97 Å². The fourth-order valence-corrected chi connectivity index (χ4v) is 1.63. The summed E-state index contributed by atoms with van der Waals surface area (Å²) < 4.78 is 0. The number of carboxylic acid groups (broad SMARTS) is 1. The lowest BCUT2D eigenvalue weighted by Gasteiger charge is -2.26. The van der Waals surface area contributed by atoms with E-state index in [0.29, 0.717) is 6.04 Å². The molecule has 0 atom stereocenters. The van der Waals surface area contributed by atoms with E-state index in [4.69, 9.17) is 5.11 Å². The molecule has 0 saturated carbocycles. The lowest BCUT2D eigenvalue weighted by atomic mass is 10.2. The molecule has 0 aromatic carbocycles. The highest BCUT2D eigenvalue weighted by atomic mass is 16.4. The highest BCUT2D eigenvalue weighted by Gasteiger charge is 2.09. The molecule has 0 radical (unpaired) electrons. The Morgan fingerprint density at radius 1 is 1.20 bits per heavy atom. The third-order valence-electron chi connectivity index (χ3n) is 2.62. The first-order chi connectivity index (χ1) is 7.07. The minimum absolute atomic E-state index is 0.289. The van der Waals surface area contributed by atoms with Gasteiger partial charge in [-0.25, -0.2) is 0 Å². The Morgan fingerprint density at radius 3 is 2.27 bits per heavy atom. The summed E-state index contributed by atoms with van der Waals surface area (Å²) in [5.41, 5.74) is 0. The van der Waals surface area contributed by atoms with Crippen LogP contribution < -0.4 is 0 Å². The quantitative estimate of drug-likeness (QED) is 0.601. The average Bonchev–Trinajstić information content (AvgIpc) is 2.15. The van der Waals surface area contributed by atoms with Gasteiger partial charge in [0.15, 0.2) is 0 Å². The number of carbonyl (C=O) groups is 1. The Kier molecular flexibility index (Phi) is 8.38. The molecule has 0 rings (SSSR count). The smallest absolute Gasteiger partial charge is 0.303 e. The molecular formula is C12H25NO2. The van der Waals surface area contributed by atoms with Gasteiger partial charge >= 0.3 is 5.97 Å². The molecule has 0 aromatic rings. The Balaban J connectivity index is 3.68. The first-order valence-electron chi connectivity index (χ1n) is 6.03. The molecule has 15 heavy (non-hydrogen) atoms. The monoisotopic (exact) mass is 215 g/mol. The number of carboxylic acids is 1. The van der Waals surface area contributed by atoms with E-state index in [1.54, 1.807) is 0 Å². The number of hydrogen-bond donors (Lipinski definition) is 1. The fraction of sp³-hybridized carbons (Fsp3) is 0.917. The minimum atomic E-state index is -0.688. The maximum atomic E-state index is 10.4. The van der Waals surface area contributed by atoms with Crippen LogP contribution in [0.2, 0.25) is 0 Å². The van der Waals surface area contributed by atoms with Crippen LogP contribution in [0.1, 0.15) is 52.9 Å². The molecule has 1 N–H and O–H groups in total. The first kappa shape index (κ1) is 14.4. The van der Waals surface area contributed by atoms with Crippen LogP contribution >= 0.6 is 0 Å². The van der Waals surface area contributed by atoms with Crippen molar-refractivity contribution in [2.45, 2.75) is 58.9 Å². The molecule has 0 bridgehead atoms. The molecule has 0 unspecified atom stereocenters. The lowest BCUT2D eigenvalue weighted by molar-refractivity contribution is -0.137. The van der Waals surface area contributed by atoms with Gasteiger partial charge in [0.05, 0.1) is 0 Å². The molecular weight excluding hydrogens is 190 g/mol. The molecule has 3 nitrogen and oxygen atoms in total. The second-order valence-corrected chi connectivity index (χ2v) is 4.33. The van der Waals surface area contributed by atoms with Crippen molar-refractivity contribution in [2.24, 2.45) is 0 Å². The summed E-state index contributed by atoms with van der Waals surface area (Å²) in [5, 5.41) is 8.56. The van der Waals surface area contributed by atoms with Crippen molar-refractivity contribution in [1.29, 1.82) is 0 Å². The zero-order valence-corrected chi connectivity index (χ0v) is 10.3. The normalized spacial score (nSPS) is 11.3. The summed E-state index contributed by atoms with van der Waals surface area (Å²) in [5.74, 6) is -0.688. The molecule has 0 spiro atoms. The molecule has 3 heteroatoms. The molecule has 0 aliphatic carbocycles. The summed E-state index contributed by atoms with van der Waals surface area (Å²) in [6, 6.07) is 0.524. The maximum absolute atomic E-state index is 10.4. The number of nitrogens with zero attached hydrogens (tertiary/aromatic N) is 1. The molecule has 0 aromatic heterocycles. The second-order valence-electron chi connectivity index (χ2n) is 4.33. The van der Waals surface area contributed by atoms with Crippen LogP contribution in [0.3, 0.4) is 0 Å². The van der Waals surface area contributed by atoms with Crippen LogP contribution in [0.5, 0.6) is 0 Å². The summed E-state index contributed by atoms with van der Waals surface area (Å²) in [6.07, 6.45) is 4.78. The molecule has 0 aliphatic rings. The van der Waals surface area contributed by atoms with E-state index >= 15 is 0 Å². The van der Waals surface area contributed by atoms with Gasteiger partial charge in [-0.3, -0.25) is 4.79 Å². The molecule has 0 saturated heterocycles. The van der Waals surface area contributed by atoms with E-state index in [1.807, 2.05) is 0 Å². The van der Waals surface area contributed by atoms with Crippen LogP contribution in [0.25, 0.3) is 0 Å². The second kappa shape index (κ2) is 8.72. The van der Waals surface area contributed by atoms with Crippen LogP contribution in [-0.2, 0) is 4.79 Å². The van der Waals surface area contributed by atoms with Gasteiger partial charge in [-0.1, -0.05) is 19.8 Å². The first-order valence-corrected chi connectivity index (χ1v) is 6.03. The number of rotatable bonds is 9. The van der Waals surface area contributed by atoms with Gasteiger partial charge in [0.2, 0.25) is 0 Å². The fourth-order valence-electron chi connectivity index (χ4n) is 1.63. The summed E-state index contributed by atoms with van der Waals surface area (Å²) >= 11 is 0. The third kappa shape index (κ3) is 8.43. The van der Waals surface area contributed by atoms with Crippen LogP contribution in [0.15, 0.2) is 0 Å². The molecule has 0 heterocycles. The van der Waals surface area contributed by atoms with Gasteiger partial charge in [-0.2, -0.15) is 0 Å². The Morgan fingerprint density at radius 2 is 1.80 bits per heavy atom. The van der Waals surface area contributed by atoms with E-state index in [0.717, 1.165) is 19.5 Å². The van der Waals surface area contributed by atoms with Crippen LogP contribution in [-0.4, -0.2) is 35.1 Å². The van der Waals surface area contributed by atoms with E-state index in [-0.39, 0.29) is 6.42 Å². The van der Waals surface area contributed by atoms with E-state index in [2.05, 4.69) is 25.7 Å². The highest BCUT2D eigenvalue weighted by molar-refractivity contribution is 5.66. The number of hydrogen-bond acceptors (Lipinski definition) is 2. The van der Waals surface area contributed by atoms with E-state index in [9.17, 15) is 4.79 Å². The Hall–Kier alpha value is -0.570. The van der Waals surface area contributed by atoms with E-state index in [1.165, 1.54) is 19.3 Å². The van der Waals surface area contributed by atoms with Crippen molar-refractivity contribution in [3.8, 4) is 0 Å².